The van der Waals surface area contributed by atoms with E-state index in [0.29, 0.717) is 22.6 Å². The smallest absolute Gasteiger partial charge is 0.276 e. The van der Waals surface area contributed by atoms with E-state index >= 15 is 0 Å². The molecule has 29 heavy (non-hydrogen) atoms. The number of nitro benzene ring substituents is 1. The van der Waals surface area contributed by atoms with E-state index in [-0.39, 0.29) is 5.69 Å². The van der Waals surface area contributed by atoms with E-state index < -0.39 is 10.8 Å². The third-order valence-corrected chi connectivity index (χ3v) is 4.50. The molecule has 1 N–H and O–H groups in total. The number of methoxy groups -OCH3 is 1. The lowest BCUT2D eigenvalue weighted by molar-refractivity contribution is -0.385. The zero-order chi connectivity index (χ0) is 20.4. The van der Waals surface area contributed by atoms with Crippen LogP contribution in [0.25, 0.3) is 28.0 Å². The average molecular weight is 388 g/mol. The van der Waals surface area contributed by atoms with E-state index in [1.807, 2.05) is 30.3 Å². The van der Waals surface area contributed by atoms with Gasteiger partial charge in [0.25, 0.3) is 5.69 Å². The predicted octanol–water partition coefficient (Wildman–Crippen LogP) is 5.15. The summed E-state index contributed by atoms with van der Waals surface area (Å²) < 4.78 is 11.3. The van der Waals surface area contributed by atoms with Crippen molar-refractivity contribution < 1.29 is 18.9 Å². The van der Waals surface area contributed by atoms with Crippen LogP contribution in [0.1, 0.15) is 5.56 Å². The molecule has 144 valence electrons. The number of ether oxygens (including phenoxy) is 1. The standard InChI is InChI=1S/C22H16N2O5/c1-28-21-12-16-15-7-3-5-9-19(15)29-20(16)13-17(21)23-22(25)11-10-14-6-2-4-8-18(14)24(26)27/h2-13H,1H3,(H,23,25)/b11-10+. The van der Waals surface area contributed by atoms with Crippen LogP contribution in [-0.2, 0) is 4.79 Å². The Hall–Kier alpha value is -4.13. The Morgan fingerprint density at radius 3 is 2.62 bits per heavy atom. The summed E-state index contributed by atoms with van der Waals surface area (Å²) in [6.45, 7) is 0. The molecule has 3 aromatic carbocycles. The number of benzene rings is 3. The number of hydrogen-bond donors (Lipinski definition) is 1. The summed E-state index contributed by atoms with van der Waals surface area (Å²) in [5.41, 5.74) is 2.07. The van der Waals surface area contributed by atoms with Crippen LogP contribution in [0.2, 0.25) is 0 Å². The van der Waals surface area contributed by atoms with Crippen LogP contribution in [0, 0.1) is 10.1 Å². The van der Waals surface area contributed by atoms with Gasteiger partial charge in [0.1, 0.15) is 16.9 Å². The Bertz CT molecular complexity index is 1270. The monoisotopic (exact) mass is 388 g/mol. The Morgan fingerprint density at radius 1 is 1.07 bits per heavy atom. The van der Waals surface area contributed by atoms with Crippen LogP contribution in [0.3, 0.4) is 0 Å². The highest BCUT2D eigenvalue weighted by atomic mass is 16.6. The van der Waals surface area contributed by atoms with Gasteiger partial charge in [-0.25, -0.2) is 0 Å². The lowest BCUT2D eigenvalue weighted by Crippen LogP contribution is -2.09. The van der Waals surface area contributed by atoms with Crippen molar-refractivity contribution in [2.24, 2.45) is 0 Å². The molecular formula is C22H16N2O5. The molecular weight excluding hydrogens is 372 g/mol. The summed E-state index contributed by atoms with van der Waals surface area (Å²) in [5.74, 6) is 0.0356. The molecule has 0 saturated carbocycles. The van der Waals surface area contributed by atoms with Gasteiger partial charge in [-0.2, -0.15) is 0 Å². The number of anilines is 1. The minimum atomic E-state index is -0.490. The number of carbonyl (C=O) groups is 1. The lowest BCUT2D eigenvalue weighted by atomic mass is 10.1. The van der Waals surface area contributed by atoms with Gasteiger partial charge in [-0.15, -0.1) is 0 Å². The van der Waals surface area contributed by atoms with Crippen molar-refractivity contribution in [2.75, 3.05) is 12.4 Å². The van der Waals surface area contributed by atoms with Crippen molar-refractivity contribution in [1.82, 2.24) is 0 Å². The van der Waals surface area contributed by atoms with E-state index in [1.165, 1.54) is 25.3 Å². The normalized spacial score (nSPS) is 11.2. The number of amides is 1. The summed E-state index contributed by atoms with van der Waals surface area (Å²) >= 11 is 0. The second-order valence-electron chi connectivity index (χ2n) is 6.29. The second kappa shape index (κ2) is 7.47. The fourth-order valence-electron chi connectivity index (χ4n) is 3.15. The molecule has 0 unspecified atom stereocenters. The Balaban J connectivity index is 1.64. The summed E-state index contributed by atoms with van der Waals surface area (Å²) in [7, 11) is 1.52. The first-order valence-electron chi connectivity index (χ1n) is 8.78. The van der Waals surface area contributed by atoms with Gasteiger partial charge in [0.15, 0.2) is 0 Å². The lowest BCUT2D eigenvalue weighted by Gasteiger charge is -2.09. The predicted molar refractivity (Wildman–Crippen MR) is 111 cm³/mol. The molecule has 1 amide bonds. The van der Waals surface area contributed by atoms with Gasteiger partial charge in [0, 0.05) is 29.0 Å². The highest BCUT2D eigenvalue weighted by molar-refractivity contribution is 6.09. The van der Waals surface area contributed by atoms with Crippen LogP contribution < -0.4 is 10.1 Å². The molecule has 0 spiro atoms. The van der Waals surface area contributed by atoms with Crippen molar-refractivity contribution >= 4 is 45.3 Å². The molecule has 0 aliphatic carbocycles. The van der Waals surface area contributed by atoms with Gasteiger partial charge in [-0.05, 0) is 24.3 Å². The molecule has 7 nitrogen and oxygen atoms in total. The fraction of sp³-hybridized carbons (Fsp3) is 0.0455. The Kier molecular flexibility index (Phi) is 4.70. The number of para-hydroxylation sites is 2. The van der Waals surface area contributed by atoms with Gasteiger partial charge in [-0.3, -0.25) is 14.9 Å². The number of nitrogens with zero attached hydrogens (tertiary/aromatic N) is 1. The largest absolute Gasteiger partial charge is 0.495 e. The average Bonchev–Trinajstić information content (AvgIpc) is 3.09. The van der Waals surface area contributed by atoms with Gasteiger partial charge in [0.2, 0.25) is 5.91 Å². The molecule has 0 fully saturated rings. The zero-order valence-electron chi connectivity index (χ0n) is 15.4. The third-order valence-electron chi connectivity index (χ3n) is 4.50. The molecule has 0 atom stereocenters. The molecule has 0 aliphatic heterocycles. The first-order chi connectivity index (χ1) is 14.1. The molecule has 4 aromatic rings. The first-order valence-corrected chi connectivity index (χ1v) is 8.78. The maximum Gasteiger partial charge on any atom is 0.276 e. The van der Waals surface area contributed by atoms with Crippen molar-refractivity contribution in [3.8, 4) is 5.75 Å². The first kappa shape index (κ1) is 18.2. The van der Waals surface area contributed by atoms with Crippen LogP contribution >= 0.6 is 0 Å². The van der Waals surface area contributed by atoms with Crippen molar-refractivity contribution in [1.29, 1.82) is 0 Å². The number of carbonyl (C=O) groups excluding carboxylic acids is 1. The summed E-state index contributed by atoms with van der Waals surface area (Å²) in [5, 5.41) is 15.7. The molecule has 0 aliphatic rings. The van der Waals surface area contributed by atoms with Gasteiger partial charge >= 0.3 is 0 Å². The molecule has 1 aromatic heterocycles. The maximum atomic E-state index is 12.4. The van der Waals surface area contributed by atoms with Gasteiger partial charge < -0.3 is 14.5 Å². The fourth-order valence-corrected chi connectivity index (χ4v) is 3.15. The minimum Gasteiger partial charge on any atom is -0.495 e. The van der Waals surface area contributed by atoms with E-state index in [4.69, 9.17) is 9.15 Å². The number of hydrogen-bond acceptors (Lipinski definition) is 5. The number of fused-ring (bicyclic) bond motifs is 3. The highest BCUT2D eigenvalue weighted by Gasteiger charge is 2.14. The molecule has 0 radical (unpaired) electrons. The number of nitro groups is 1. The van der Waals surface area contributed by atoms with Crippen LogP contribution in [0.4, 0.5) is 11.4 Å². The quantitative estimate of drug-likeness (QED) is 0.290. The maximum absolute atomic E-state index is 12.4. The SMILES string of the molecule is COc1cc2c(cc1NC(=O)/C=C/c1ccccc1[N+](=O)[O-])oc1ccccc12. The summed E-state index contributed by atoms with van der Waals surface area (Å²) in [6.07, 6.45) is 2.64. The molecule has 4 rings (SSSR count). The molecule has 7 heteroatoms. The molecule has 0 bridgehead atoms. The summed E-state index contributed by atoms with van der Waals surface area (Å²) in [6, 6.07) is 17.3. The van der Waals surface area contributed by atoms with Gasteiger partial charge in [0.05, 0.1) is 23.3 Å². The number of nitrogens with one attached hydrogen (secondary N) is 1. The van der Waals surface area contributed by atoms with Crippen LogP contribution in [0.15, 0.2) is 71.2 Å². The molecule has 1 heterocycles. The summed E-state index contributed by atoms with van der Waals surface area (Å²) in [4.78, 5) is 23.0. The van der Waals surface area contributed by atoms with Crippen LogP contribution in [0.5, 0.6) is 5.75 Å². The highest BCUT2D eigenvalue weighted by Crippen LogP contribution is 2.36. The minimum absolute atomic E-state index is 0.0715. The second-order valence-corrected chi connectivity index (χ2v) is 6.29. The van der Waals surface area contributed by atoms with E-state index in [0.717, 1.165) is 16.4 Å². The van der Waals surface area contributed by atoms with Crippen molar-refractivity contribution in [3.63, 3.8) is 0 Å². The van der Waals surface area contributed by atoms with Crippen molar-refractivity contribution in [2.45, 2.75) is 0 Å². The van der Waals surface area contributed by atoms with Crippen molar-refractivity contribution in [3.05, 3.63) is 82.4 Å². The Labute approximate surface area is 165 Å². The number of rotatable bonds is 5. The third kappa shape index (κ3) is 3.53. The topological polar surface area (TPSA) is 94.6 Å². The Morgan fingerprint density at radius 2 is 1.83 bits per heavy atom. The van der Waals surface area contributed by atoms with E-state index in [9.17, 15) is 14.9 Å². The van der Waals surface area contributed by atoms with Gasteiger partial charge in [-0.1, -0.05) is 30.3 Å². The zero-order valence-corrected chi connectivity index (χ0v) is 15.4. The van der Waals surface area contributed by atoms with E-state index in [2.05, 4.69) is 5.32 Å². The molecule has 0 saturated heterocycles. The van der Waals surface area contributed by atoms with E-state index in [1.54, 1.807) is 24.3 Å². The van der Waals surface area contributed by atoms with Crippen LogP contribution in [-0.4, -0.2) is 17.9 Å². The number of furan rings is 1.